The van der Waals surface area contributed by atoms with Crippen molar-refractivity contribution in [1.82, 2.24) is 14.9 Å². The molecule has 0 aromatic carbocycles. The molecule has 1 aliphatic heterocycles. The molecule has 1 aromatic heterocycles. The van der Waals surface area contributed by atoms with Crippen LogP contribution in [0.15, 0.2) is 12.3 Å². The molecule has 0 spiro atoms. The fourth-order valence-corrected chi connectivity index (χ4v) is 3.51. The Labute approximate surface area is 132 Å². The molecule has 1 saturated carbocycles. The third-order valence-electron chi connectivity index (χ3n) is 4.85. The van der Waals surface area contributed by atoms with Crippen molar-refractivity contribution in [1.29, 1.82) is 0 Å². The monoisotopic (exact) mass is 305 g/mol. The van der Waals surface area contributed by atoms with Crippen molar-refractivity contribution >= 4 is 11.8 Å². The number of aliphatic hydroxyl groups is 1. The minimum atomic E-state index is -0.145. The Hall–Kier alpha value is -1.40. The van der Waals surface area contributed by atoms with E-state index in [1.54, 1.807) is 0 Å². The fourth-order valence-electron chi connectivity index (χ4n) is 3.51. The largest absolute Gasteiger partial charge is 0.391 e. The van der Waals surface area contributed by atoms with Crippen LogP contribution in [-0.2, 0) is 0 Å². The lowest BCUT2D eigenvalue weighted by atomic mass is 9.91. The molecule has 3 rings (SSSR count). The summed E-state index contributed by atoms with van der Waals surface area (Å²) in [6, 6.07) is 2.28. The normalized spacial score (nSPS) is 27.0. The molecule has 2 fully saturated rings. The lowest BCUT2D eigenvalue weighted by Gasteiger charge is -2.42. The van der Waals surface area contributed by atoms with Crippen LogP contribution in [0.4, 0.5) is 11.8 Å². The van der Waals surface area contributed by atoms with Gasteiger partial charge in [0.1, 0.15) is 5.82 Å². The standard InChI is InChI=1S/C16H27N5O/c1-19(2)15-7-8-17-16(18-15)21-11-9-20(10-12-21)13-5-3-4-6-14(13)22/h7-8,13-14,22H,3-6,9-12H2,1-2H3. The van der Waals surface area contributed by atoms with Crippen LogP contribution in [0.1, 0.15) is 25.7 Å². The van der Waals surface area contributed by atoms with E-state index in [-0.39, 0.29) is 6.10 Å². The van der Waals surface area contributed by atoms with Crippen LogP contribution in [-0.4, -0.2) is 72.4 Å². The molecule has 1 saturated heterocycles. The fraction of sp³-hybridized carbons (Fsp3) is 0.750. The smallest absolute Gasteiger partial charge is 0.227 e. The molecule has 122 valence electrons. The van der Waals surface area contributed by atoms with Gasteiger partial charge in [-0.3, -0.25) is 4.90 Å². The third-order valence-corrected chi connectivity index (χ3v) is 4.85. The molecule has 2 atom stereocenters. The predicted molar refractivity (Wildman–Crippen MR) is 88.4 cm³/mol. The van der Waals surface area contributed by atoms with Crippen molar-refractivity contribution < 1.29 is 5.11 Å². The number of nitrogens with zero attached hydrogens (tertiary/aromatic N) is 5. The molecule has 6 heteroatoms. The Bertz CT molecular complexity index is 487. The van der Waals surface area contributed by atoms with E-state index in [4.69, 9.17) is 0 Å². The third kappa shape index (κ3) is 3.33. The molecule has 0 amide bonds. The number of anilines is 2. The van der Waals surface area contributed by atoms with Crippen molar-refractivity contribution in [3.63, 3.8) is 0 Å². The molecule has 0 bridgehead atoms. The molecule has 22 heavy (non-hydrogen) atoms. The molecule has 1 aromatic rings. The lowest BCUT2D eigenvalue weighted by molar-refractivity contribution is 0.0172. The van der Waals surface area contributed by atoms with Crippen molar-refractivity contribution in [3.8, 4) is 0 Å². The molecule has 2 heterocycles. The van der Waals surface area contributed by atoms with Gasteiger partial charge in [-0.2, -0.15) is 4.98 Å². The second-order valence-corrected chi connectivity index (χ2v) is 6.55. The van der Waals surface area contributed by atoms with Crippen LogP contribution in [0.5, 0.6) is 0 Å². The van der Waals surface area contributed by atoms with Crippen LogP contribution in [0, 0.1) is 0 Å². The lowest BCUT2D eigenvalue weighted by Crippen LogP contribution is -2.54. The summed E-state index contributed by atoms with van der Waals surface area (Å²) in [6.07, 6.45) is 6.19. The zero-order chi connectivity index (χ0) is 15.5. The van der Waals surface area contributed by atoms with E-state index < -0.39 is 0 Å². The summed E-state index contributed by atoms with van der Waals surface area (Å²) in [5.41, 5.74) is 0. The van der Waals surface area contributed by atoms with Gasteiger partial charge in [0.2, 0.25) is 5.95 Å². The van der Waals surface area contributed by atoms with Crippen LogP contribution >= 0.6 is 0 Å². The summed E-state index contributed by atoms with van der Waals surface area (Å²) in [4.78, 5) is 15.7. The molecule has 6 nitrogen and oxygen atoms in total. The highest BCUT2D eigenvalue weighted by Crippen LogP contribution is 2.25. The Morgan fingerprint density at radius 1 is 1.14 bits per heavy atom. The highest BCUT2D eigenvalue weighted by atomic mass is 16.3. The van der Waals surface area contributed by atoms with E-state index in [0.717, 1.165) is 50.8 Å². The summed E-state index contributed by atoms with van der Waals surface area (Å²) in [7, 11) is 3.99. The van der Waals surface area contributed by atoms with Gasteiger partial charge in [-0.05, 0) is 18.9 Å². The van der Waals surface area contributed by atoms with E-state index in [1.165, 1.54) is 12.8 Å². The summed E-state index contributed by atoms with van der Waals surface area (Å²) in [5, 5.41) is 10.2. The molecule has 1 aliphatic carbocycles. The van der Waals surface area contributed by atoms with Gasteiger partial charge in [0.05, 0.1) is 6.10 Å². The summed E-state index contributed by atoms with van der Waals surface area (Å²) in [5.74, 6) is 1.75. The SMILES string of the molecule is CN(C)c1ccnc(N2CCN(C3CCCCC3O)CC2)n1. The van der Waals surface area contributed by atoms with Gasteiger partial charge >= 0.3 is 0 Å². The Balaban J connectivity index is 1.60. The van der Waals surface area contributed by atoms with E-state index in [2.05, 4.69) is 19.8 Å². The van der Waals surface area contributed by atoms with E-state index in [9.17, 15) is 5.11 Å². The molecular weight excluding hydrogens is 278 g/mol. The quantitative estimate of drug-likeness (QED) is 0.898. The van der Waals surface area contributed by atoms with Crippen LogP contribution in [0.2, 0.25) is 0 Å². The van der Waals surface area contributed by atoms with Gasteiger partial charge in [0.15, 0.2) is 0 Å². The number of hydrogen-bond donors (Lipinski definition) is 1. The highest BCUT2D eigenvalue weighted by Gasteiger charge is 2.31. The van der Waals surface area contributed by atoms with Gasteiger partial charge in [-0.1, -0.05) is 12.8 Å². The van der Waals surface area contributed by atoms with Crippen molar-refractivity contribution in [2.75, 3.05) is 50.1 Å². The number of hydrogen-bond acceptors (Lipinski definition) is 6. The van der Waals surface area contributed by atoms with E-state index >= 15 is 0 Å². The van der Waals surface area contributed by atoms with Crippen molar-refractivity contribution in [2.24, 2.45) is 0 Å². The zero-order valence-electron chi connectivity index (χ0n) is 13.6. The molecule has 0 radical (unpaired) electrons. The zero-order valence-corrected chi connectivity index (χ0v) is 13.6. The number of piperazine rings is 1. The molecule has 2 aliphatic rings. The van der Waals surface area contributed by atoms with Gasteiger partial charge in [-0.15, -0.1) is 0 Å². The number of aliphatic hydroxyl groups excluding tert-OH is 1. The maximum absolute atomic E-state index is 10.2. The Kier molecular flexibility index (Phi) is 4.78. The van der Waals surface area contributed by atoms with Gasteiger partial charge in [0.25, 0.3) is 0 Å². The molecule has 2 unspecified atom stereocenters. The van der Waals surface area contributed by atoms with Crippen molar-refractivity contribution in [2.45, 2.75) is 37.8 Å². The number of rotatable bonds is 3. The molecular formula is C16H27N5O. The highest BCUT2D eigenvalue weighted by molar-refractivity contribution is 5.42. The first kappa shape index (κ1) is 15.5. The van der Waals surface area contributed by atoms with Crippen LogP contribution < -0.4 is 9.80 Å². The maximum atomic E-state index is 10.2. The second kappa shape index (κ2) is 6.79. The Morgan fingerprint density at radius 3 is 2.55 bits per heavy atom. The second-order valence-electron chi connectivity index (χ2n) is 6.55. The van der Waals surface area contributed by atoms with Crippen molar-refractivity contribution in [3.05, 3.63) is 12.3 Å². The first-order valence-corrected chi connectivity index (χ1v) is 8.32. The van der Waals surface area contributed by atoms with E-state index in [1.807, 2.05) is 31.3 Å². The summed E-state index contributed by atoms with van der Waals surface area (Å²) >= 11 is 0. The van der Waals surface area contributed by atoms with Gasteiger partial charge in [-0.25, -0.2) is 4.98 Å². The van der Waals surface area contributed by atoms with E-state index in [0.29, 0.717) is 6.04 Å². The predicted octanol–water partition coefficient (Wildman–Crippen LogP) is 0.968. The van der Waals surface area contributed by atoms with Gasteiger partial charge < -0.3 is 14.9 Å². The first-order chi connectivity index (χ1) is 10.6. The average molecular weight is 305 g/mol. The summed E-state index contributed by atoms with van der Waals surface area (Å²) < 4.78 is 0. The molecule has 1 N–H and O–H groups in total. The van der Waals surface area contributed by atoms with Crippen LogP contribution in [0.3, 0.4) is 0 Å². The van der Waals surface area contributed by atoms with Gasteiger partial charge in [0, 0.05) is 52.5 Å². The summed E-state index contributed by atoms with van der Waals surface area (Å²) in [6.45, 7) is 3.83. The van der Waals surface area contributed by atoms with Crippen LogP contribution in [0.25, 0.3) is 0 Å². The Morgan fingerprint density at radius 2 is 1.86 bits per heavy atom. The average Bonchev–Trinajstić information content (AvgIpc) is 2.56. The number of aromatic nitrogens is 2. The first-order valence-electron chi connectivity index (χ1n) is 8.32. The maximum Gasteiger partial charge on any atom is 0.227 e. The minimum Gasteiger partial charge on any atom is -0.391 e. The topological polar surface area (TPSA) is 55.7 Å². The minimum absolute atomic E-state index is 0.145.